The van der Waals surface area contributed by atoms with Gasteiger partial charge in [-0.1, -0.05) is 0 Å². The third-order valence-electron chi connectivity index (χ3n) is 3.21. The fourth-order valence-corrected chi connectivity index (χ4v) is 2.14. The molecule has 2 N–H and O–H groups in total. The van der Waals surface area contributed by atoms with Gasteiger partial charge < -0.3 is 20.0 Å². The molecule has 0 saturated carbocycles. The molecule has 19 heavy (non-hydrogen) atoms. The van der Waals surface area contributed by atoms with E-state index in [0.717, 1.165) is 5.69 Å². The Labute approximate surface area is 110 Å². The summed E-state index contributed by atoms with van der Waals surface area (Å²) in [7, 11) is 1.67. The molecule has 6 nitrogen and oxygen atoms in total. The lowest BCUT2D eigenvalue weighted by molar-refractivity contribution is -0.117. The first kappa shape index (κ1) is 13.4. The van der Waals surface area contributed by atoms with Crippen LogP contribution < -0.4 is 9.80 Å². The molecular weight excluding hydrogens is 248 g/mol. The van der Waals surface area contributed by atoms with Crippen molar-refractivity contribution >= 4 is 23.3 Å². The molecule has 1 aliphatic heterocycles. The quantitative estimate of drug-likeness (QED) is 0.830. The van der Waals surface area contributed by atoms with Gasteiger partial charge in [0.05, 0.1) is 23.5 Å². The highest BCUT2D eigenvalue weighted by molar-refractivity contribution is 6.04. The van der Waals surface area contributed by atoms with Crippen molar-refractivity contribution in [1.29, 1.82) is 0 Å². The van der Waals surface area contributed by atoms with Gasteiger partial charge in [0.2, 0.25) is 5.91 Å². The Hall–Kier alpha value is -2.08. The van der Waals surface area contributed by atoms with Crippen molar-refractivity contribution in [1.82, 2.24) is 0 Å². The van der Waals surface area contributed by atoms with E-state index in [1.165, 1.54) is 11.0 Å². The zero-order valence-electron chi connectivity index (χ0n) is 10.7. The van der Waals surface area contributed by atoms with Gasteiger partial charge in [0, 0.05) is 20.2 Å². The van der Waals surface area contributed by atoms with Crippen LogP contribution in [-0.4, -0.2) is 48.8 Å². The summed E-state index contributed by atoms with van der Waals surface area (Å²) < 4.78 is 0. The molecule has 0 bridgehead atoms. The Balaban J connectivity index is 2.41. The average Bonchev–Trinajstić information content (AvgIpc) is 2.40. The van der Waals surface area contributed by atoms with Crippen molar-refractivity contribution in [3.63, 3.8) is 0 Å². The van der Waals surface area contributed by atoms with Crippen molar-refractivity contribution in [2.75, 3.05) is 36.5 Å². The van der Waals surface area contributed by atoms with Crippen LogP contribution in [0.2, 0.25) is 0 Å². The largest absolute Gasteiger partial charge is 0.478 e. The van der Waals surface area contributed by atoms with E-state index in [0.29, 0.717) is 18.7 Å². The van der Waals surface area contributed by atoms with Gasteiger partial charge in [0.15, 0.2) is 0 Å². The number of anilines is 2. The Bertz CT molecular complexity index is 515. The van der Waals surface area contributed by atoms with E-state index >= 15 is 0 Å². The van der Waals surface area contributed by atoms with Crippen LogP contribution in [0.3, 0.4) is 0 Å². The topological polar surface area (TPSA) is 81.1 Å². The molecule has 0 saturated heterocycles. The van der Waals surface area contributed by atoms with Crippen LogP contribution in [0, 0.1) is 0 Å². The van der Waals surface area contributed by atoms with E-state index < -0.39 is 5.97 Å². The molecule has 1 heterocycles. The van der Waals surface area contributed by atoms with Gasteiger partial charge in [0.1, 0.15) is 0 Å². The van der Waals surface area contributed by atoms with E-state index in [2.05, 4.69) is 0 Å². The highest BCUT2D eigenvalue weighted by Gasteiger charge is 2.27. The Morgan fingerprint density at radius 3 is 2.74 bits per heavy atom. The highest BCUT2D eigenvalue weighted by atomic mass is 16.4. The van der Waals surface area contributed by atoms with Crippen LogP contribution in [0.5, 0.6) is 0 Å². The lowest BCUT2D eigenvalue weighted by atomic mass is 10.1. The highest BCUT2D eigenvalue weighted by Crippen LogP contribution is 2.33. The van der Waals surface area contributed by atoms with Crippen LogP contribution in [0.15, 0.2) is 18.2 Å². The molecule has 0 unspecified atom stereocenters. The first-order valence-corrected chi connectivity index (χ1v) is 6.04. The van der Waals surface area contributed by atoms with Crippen molar-refractivity contribution in [3.05, 3.63) is 23.8 Å². The number of carboxylic acid groups (broad SMARTS) is 1. The van der Waals surface area contributed by atoms with Crippen LogP contribution >= 0.6 is 0 Å². The molecule has 6 heteroatoms. The van der Waals surface area contributed by atoms with Crippen LogP contribution in [-0.2, 0) is 4.79 Å². The lowest BCUT2D eigenvalue weighted by Gasteiger charge is -2.35. The van der Waals surface area contributed by atoms with Gasteiger partial charge in [-0.15, -0.1) is 0 Å². The van der Waals surface area contributed by atoms with Gasteiger partial charge >= 0.3 is 5.97 Å². The second kappa shape index (κ2) is 5.27. The minimum Gasteiger partial charge on any atom is -0.478 e. The summed E-state index contributed by atoms with van der Waals surface area (Å²) in [6, 6.07) is 4.69. The molecule has 0 aromatic heterocycles. The Morgan fingerprint density at radius 2 is 2.11 bits per heavy atom. The van der Waals surface area contributed by atoms with E-state index in [4.69, 9.17) is 10.2 Å². The molecular formula is C13H16N2O4. The van der Waals surface area contributed by atoms with Crippen LogP contribution in [0.25, 0.3) is 0 Å². The first-order valence-electron chi connectivity index (χ1n) is 6.04. The van der Waals surface area contributed by atoms with Gasteiger partial charge in [-0.2, -0.15) is 0 Å². The average molecular weight is 264 g/mol. The monoisotopic (exact) mass is 264 g/mol. The van der Waals surface area contributed by atoms with Crippen molar-refractivity contribution in [2.24, 2.45) is 0 Å². The lowest BCUT2D eigenvalue weighted by Crippen LogP contribution is -2.44. The number of nitrogens with zero attached hydrogens (tertiary/aromatic N) is 2. The molecule has 1 aromatic carbocycles. The molecule has 1 aromatic rings. The molecule has 0 aliphatic carbocycles. The molecule has 102 valence electrons. The summed E-state index contributed by atoms with van der Waals surface area (Å²) >= 11 is 0. The maximum Gasteiger partial charge on any atom is 0.335 e. The number of aliphatic hydroxyl groups excluding tert-OH is 1. The van der Waals surface area contributed by atoms with Crippen molar-refractivity contribution < 1.29 is 19.8 Å². The fourth-order valence-electron chi connectivity index (χ4n) is 2.14. The van der Waals surface area contributed by atoms with Crippen molar-refractivity contribution in [3.8, 4) is 0 Å². The number of likely N-dealkylation sites (N-methyl/N-ethyl adjacent to an activating group) is 1. The predicted molar refractivity (Wildman–Crippen MR) is 70.7 cm³/mol. The standard InChI is InChI=1S/C13H16N2O4/c1-14-10-4-3-9(13(18)19)7-11(10)15(5-2-6-16)8-12(14)17/h3-4,7,16H,2,5-6,8H2,1H3,(H,18,19). The first-order chi connectivity index (χ1) is 9.04. The third kappa shape index (κ3) is 2.53. The number of carboxylic acids is 1. The maximum absolute atomic E-state index is 11.9. The molecule has 0 fully saturated rings. The Kier molecular flexibility index (Phi) is 3.71. The third-order valence-corrected chi connectivity index (χ3v) is 3.21. The number of amides is 1. The number of carbonyl (C=O) groups excluding carboxylic acids is 1. The molecule has 1 aliphatic rings. The van der Waals surface area contributed by atoms with Gasteiger partial charge in [0.25, 0.3) is 0 Å². The summed E-state index contributed by atoms with van der Waals surface area (Å²) in [5.41, 5.74) is 1.60. The number of rotatable bonds is 4. The van der Waals surface area contributed by atoms with Crippen molar-refractivity contribution in [2.45, 2.75) is 6.42 Å². The second-order valence-electron chi connectivity index (χ2n) is 4.46. The predicted octanol–water partition coefficient (Wildman–Crippen LogP) is 0.550. The normalized spacial score (nSPS) is 14.5. The SMILES string of the molecule is CN1C(=O)CN(CCCO)c2cc(C(=O)O)ccc21. The number of aromatic carboxylic acids is 1. The van der Waals surface area contributed by atoms with E-state index in [1.807, 2.05) is 0 Å². The maximum atomic E-state index is 11.9. The summed E-state index contributed by atoms with van der Waals surface area (Å²) in [5.74, 6) is -1.04. The smallest absolute Gasteiger partial charge is 0.335 e. The van der Waals surface area contributed by atoms with Crippen LogP contribution in [0.1, 0.15) is 16.8 Å². The zero-order chi connectivity index (χ0) is 14.0. The number of carbonyl (C=O) groups is 2. The molecule has 2 rings (SSSR count). The fraction of sp³-hybridized carbons (Fsp3) is 0.385. The number of fused-ring (bicyclic) bond motifs is 1. The second-order valence-corrected chi connectivity index (χ2v) is 4.46. The number of hydrogen-bond donors (Lipinski definition) is 2. The van der Waals surface area contributed by atoms with Gasteiger partial charge in [-0.3, -0.25) is 4.79 Å². The van der Waals surface area contributed by atoms with E-state index in [-0.39, 0.29) is 24.6 Å². The Morgan fingerprint density at radius 1 is 1.37 bits per heavy atom. The molecule has 0 spiro atoms. The summed E-state index contributed by atoms with van der Waals surface area (Å²) in [6.45, 7) is 0.757. The zero-order valence-corrected chi connectivity index (χ0v) is 10.7. The molecule has 0 radical (unpaired) electrons. The van der Waals surface area contributed by atoms with E-state index in [9.17, 15) is 9.59 Å². The summed E-state index contributed by atoms with van der Waals surface area (Å²) in [5, 5.41) is 17.9. The van der Waals surface area contributed by atoms with Gasteiger partial charge in [-0.25, -0.2) is 4.79 Å². The number of aliphatic hydroxyl groups is 1. The minimum atomic E-state index is -0.996. The summed E-state index contributed by atoms with van der Waals surface area (Å²) in [6.07, 6.45) is 0.535. The summed E-state index contributed by atoms with van der Waals surface area (Å²) in [4.78, 5) is 26.2. The minimum absolute atomic E-state index is 0.0362. The van der Waals surface area contributed by atoms with E-state index in [1.54, 1.807) is 24.1 Å². The number of benzene rings is 1. The van der Waals surface area contributed by atoms with Gasteiger partial charge in [-0.05, 0) is 24.6 Å². The van der Waals surface area contributed by atoms with Crippen LogP contribution in [0.4, 0.5) is 11.4 Å². The molecule has 1 amide bonds. The molecule has 0 atom stereocenters. The number of hydrogen-bond acceptors (Lipinski definition) is 4.